The third-order valence-electron chi connectivity index (χ3n) is 1.84. The molecule has 1 saturated heterocycles. The maximum atomic E-state index is 11.3. The van der Waals surface area contributed by atoms with Gasteiger partial charge in [-0.25, -0.2) is 9.97 Å². The molecule has 1 aromatic rings. The van der Waals surface area contributed by atoms with Gasteiger partial charge in [-0.05, 0) is 0 Å². The van der Waals surface area contributed by atoms with E-state index in [1.165, 1.54) is 6.33 Å². The van der Waals surface area contributed by atoms with Crippen molar-refractivity contribution < 1.29 is 9.53 Å². The van der Waals surface area contributed by atoms with Crippen molar-refractivity contribution in [3.8, 4) is 0 Å². The molecule has 0 bridgehead atoms. The number of hydrogen-bond donors (Lipinski definition) is 0. The van der Waals surface area contributed by atoms with Gasteiger partial charge in [-0.15, -0.1) is 0 Å². The predicted octanol–water partition coefficient (Wildman–Crippen LogP) is -0.160. The van der Waals surface area contributed by atoms with Crippen molar-refractivity contribution in [2.45, 2.75) is 0 Å². The van der Waals surface area contributed by atoms with Crippen molar-refractivity contribution in [1.82, 2.24) is 9.97 Å². The lowest BCUT2D eigenvalue weighted by atomic mass is 10.3. The molecular weight excluding hydrogens is 170 g/mol. The third-order valence-corrected chi connectivity index (χ3v) is 1.84. The molecule has 13 heavy (non-hydrogen) atoms. The van der Waals surface area contributed by atoms with Gasteiger partial charge in [0.05, 0.1) is 24.7 Å². The Kier molecular flexibility index (Phi) is 2.18. The second-order valence-electron chi connectivity index (χ2n) is 2.69. The lowest BCUT2D eigenvalue weighted by molar-refractivity contribution is -0.125. The molecule has 0 saturated carbocycles. The number of nitrogens with zero attached hydrogens (tertiary/aromatic N) is 3. The highest BCUT2D eigenvalue weighted by molar-refractivity contribution is 5.94. The smallest absolute Gasteiger partial charge is 0.253 e. The summed E-state index contributed by atoms with van der Waals surface area (Å²) in [4.78, 5) is 20.7. The Morgan fingerprint density at radius 3 is 2.85 bits per heavy atom. The van der Waals surface area contributed by atoms with E-state index in [9.17, 15) is 4.79 Å². The van der Waals surface area contributed by atoms with Crippen LogP contribution in [0.4, 0.5) is 5.69 Å². The quantitative estimate of drug-likeness (QED) is 0.601. The van der Waals surface area contributed by atoms with Gasteiger partial charge in [0.15, 0.2) is 0 Å². The highest BCUT2D eigenvalue weighted by atomic mass is 16.5. The van der Waals surface area contributed by atoms with Crippen molar-refractivity contribution in [2.24, 2.45) is 0 Å². The second kappa shape index (κ2) is 3.49. The predicted molar refractivity (Wildman–Crippen MR) is 45.2 cm³/mol. The molecule has 0 N–H and O–H groups in total. The topological polar surface area (TPSA) is 55.3 Å². The Labute approximate surface area is 75.4 Å². The van der Waals surface area contributed by atoms with Gasteiger partial charge in [0.25, 0.3) is 5.91 Å². The van der Waals surface area contributed by atoms with Gasteiger partial charge >= 0.3 is 0 Å². The first kappa shape index (κ1) is 8.12. The minimum Gasteiger partial charge on any atom is -0.370 e. The molecule has 1 aliphatic rings. The van der Waals surface area contributed by atoms with Crippen LogP contribution in [0.1, 0.15) is 0 Å². The molecule has 0 unspecified atom stereocenters. The monoisotopic (exact) mass is 179 g/mol. The van der Waals surface area contributed by atoms with Crippen LogP contribution in [0.3, 0.4) is 0 Å². The van der Waals surface area contributed by atoms with Gasteiger partial charge in [-0.1, -0.05) is 0 Å². The summed E-state index contributed by atoms with van der Waals surface area (Å²) in [5.74, 6) is -0.0407. The first-order valence-corrected chi connectivity index (χ1v) is 4.01. The van der Waals surface area contributed by atoms with Crippen LogP contribution < -0.4 is 4.90 Å². The zero-order valence-electron chi connectivity index (χ0n) is 7.01. The first-order valence-electron chi connectivity index (χ1n) is 4.01. The molecule has 0 atom stereocenters. The SMILES string of the molecule is O=C1COCCN1c1cncnc1. The van der Waals surface area contributed by atoms with Crippen LogP contribution >= 0.6 is 0 Å². The molecular formula is C8H9N3O2. The van der Waals surface area contributed by atoms with Gasteiger partial charge in [0.2, 0.25) is 0 Å². The number of morpholine rings is 1. The molecule has 2 rings (SSSR count). The van der Waals surface area contributed by atoms with Crippen LogP contribution in [0.15, 0.2) is 18.7 Å². The number of carbonyl (C=O) groups is 1. The van der Waals surface area contributed by atoms with Crippen molar-refractivity contribution in [3.05, 3.63) is 18.7 Å². The van der Waals surface area contributed by atoms with Gasteiger partial charge in [0.1, 0.15) is 12.9 Å². The molecule has 1 amide bonds. The summed E-state index contributed by atoms with van der Waals surface area (Å²) < 4.78 is 5.00. The fraction of sp³-hybridized carbons (Fsp3) is 0.375. The van der Waals surface area contributed by atoms with Crippen molar-refractivity contribution in [2.75, 3.05) is 24.7 Å². The van der Waals surface area contributed by atoms with Crippen LogP contribution in [0.25, 0.3) is 0 Å². The summed E-state index contributed by atoms with van der Waals surface area (Å²) in [6.45, 7) is 1.29. The van der Waals surface area contributed by atoms with E-state index in [-0.39, 0.29) is 12.5 Å². The van der Waals surface area contributed by atoms with Crippen LogP contribution in [0, 0.1) is 0 Å². The zero-order valence-corrected chi connectivity index (χ0v) is 7.01. The first-order chi connectivity index (χ1) is 6.38. The van der Waals surface area contributed by atoms with Crippen LogP contribution in [0.2, 0.25) is 0 Å². The lowest BCUT2D eigenvalue weighted by Gasteiger charge is -2.25. The number of rotatable bonds is 1. The maximum Gasteiger partial charge on any atom is 0.253 e. The van der Waals surface area contributed by atoms with E-state index in [1.807, 2.05) is 0 Å². The minimum absolute atomic E-state index is 0.0407. The molecule has 1 aliphatic heterocycles. The molecule has 0 radical (unpaired) electrons. The highest BCUT2D eigenvalue weighted by Gasteiger charge is 2.19. The fourth-order valence-corrected chi connectivity index (χ4v) is 1.22. The molecule has 2 heterocycles. The molecule has 0 aromatic carbocycles. The molecule has 1 aromatic heterocycles. The van der Waals surface area contributed by atoms with Gasteiger partial charge in [-0.2, -0.15) is 0 Å². The minimum atomic E-state index is -0.0407. The fourth-order valence-electron chi connectivity index (χ4n) is 1.22. The number of anilines is 1. The van der Waals surface area contributed by atoms with E-state index in [0.717, 1.165) is 5.69 Å². The number of hydrogen-bond acceptors (Lipinski definition) is 4. The largest absolute Gasteiger partial charge is 0.370 e. The Morgan fingerprint density at radius 2 is 2.15 bits per heavy atom. The van der Waals surface area contributed by atoms with Crippen molar-refractivity contribution in [3.63, 3.8) is 0 Å². The Hall–Kier alpha value is -1.49. The highest BCUT2D eigenvalue weighted by Crippen LogP contribution is 2.12. The molecule has 5 nitrogen and oxygen atoms in total. The Morgan fingerprint density at radius 1 is 1.38 bits per heavy atom. The van der Waals surface area contributed by atoms with E-state index in [4.69, 9.17) is 4.74 Å². The standard InChI is InChI=1S/C8H9N3O2/c12-8-5-13-2-1-11(8)7-3-9-6-10-4-7/h3-4,6H,1-2,5H2. The van der Waals surface area contributed by atoms with E-state index < -0.39 is 0 Å². The van der Waals surface area contributed by atoms with E-state index in [0.29, 0.717) is 13.2 Å². The normalized spacial score (nSPS) is 17.5. The number of carbonyl (C=O) groups excluding carboxylic acids is 1. The number of aromatic nitrogens is 2. The summed E-state index contributed by atoms with van der Waals surface area (Å²) >= 11 is 0. The summed E-state index contributed by atoms with van der Waals surface area (Å²) in [6, 6.07) is 0. The zero-order chi connectivity index (χ0) is 9.10. The lowest BCUT2D eigenvalue weighted by Crippen LogP contribution is -2.41. The van der Waals surface area contributed by atoms with Crippen LogP contribution in [-0.4, -0.2) is 35.6 Å². The van der Waals surface area contributed by atoms with Gasteiger partial charge in [0, 0.05) is 6.54 Å². The van der Waals surface area contributed by atoms with Crippen LogP contribution in [-0.2, 0) is 9.53 Å². The average molecular weight is 179 g/mol. The third kappa shape index (κ3) is 1.65. The summed E-state index contributed by atoms with van der Waals surface area (Å²) in [5.41, 5.74) is 0.732. The molecule has 1 fully saturated rings. The molecule has 0 spiro atoms. The molecule has 0 aliphatic carbocycles. The van der Waals surface area contributed by atoms with Gasteiger partial charge < -0.3 is 9.64 Å². The molecule has 5 heteroatoms. The maximum absolute atomic E-state index is 11.3. The van der Waals surface area contributed by atoms with Crippen molar-refractivity contribution >= 4 is 11.6 Å². The van der Waals surface area contributed by atoms with Gasteiger partial charge in [-0.3, -0.25) is 4.79 Å². The van der Waals surface area contributed by atoms with Crippen LogP contribution in [0.5, 0.6) is 0 Å². The molecule has 68 valence electrons. The number of ether oxygens (including phenoxy) is 1. The van der Waals surface area contributed by atoms with E-state index in [1.54, 1.807) is 17.3 Å². The number of amides is 1. The second-order valence-corrected chi connectivity index (χ2v) is 2.69. The average Bonchev–Trinajstić information content (AvgIpc) is 2.20. The summed E-state index contributed by atoms with van der Waals surface area (Å²) in [6.07, 6.45) is 4.68. The Balaban J connectivity index is 2.20. The summed E-state index contributed by atoms with van der Waals surface area (Å²) in [5, 5.41) is 0. The van der Waals surface area contributed by atoms with Crippen molar-refractivity contribution in [1.29, 1.82) is 0 Å². The Bertz CT molecular complexity index is 302. The summed E-state index contributed by atoms with van der Waals surface area (Å²) in [7, 11) is 0. The van der Waals surface area contributed by atoms with E-state index >= 15 is 0 Å². The van der Waals surface area contributed by atoms with E-state index in [2.05, 4.69) is 9.97 Å².